The Kier molecular flexibility index (Phi) is 9.75. The van der Waals surface area contributed by atoms with Gasteiger partial charge in [0.25, 0.3) is 11.6 Å². The van der Waals surface area contributed by atoms with Crippen LogP contribution >= 0.6 is 0 Å². The van der Waals surface area contributed by atoms with Crippen LogP contribution in [0.4, 0.5) is 60.5 Å². The second-order valence-corrected chi connectivity index (χ2v) is 12.2. The normalized spacial score (nSPS) is 11.6. The third-order valence-electron chi connectivity index (χ3n) is 8.46. The third kappa shape index (κ3) is 7.76. The van der Waals surface area contributed by atoms with Gasteiger partial charge in [-0.15, -0.1) is 0 Å². The average molecular weight is 709 g/mol. The Morgan fingerprint density at radius 3 is 0.808 bits per heavy atom. The molecule has 6 aromatic carbocycles. The number of carbonyl (C=O) groups is 2. The van der Waals surface area contributed by atoms with Gasteiger partial charge in [0.1, 0.15) is 0 Å². The average Bonchev–Trinajstić information content (AvgIpc) is 3.13. The molecule has 6 rings (SSSR count). The van der Waals surface area contributed by atoms with Crippen molar-refractivity contribution >= 4 is 45.7 Å². The number of hydrogen-bond acceptors (Lipinski definition) is 4. The van der Waals surface area contributed by atoms with Crippen molar-refractivity contribution in [1.82, 2.24) is 0 Å². The number of alkyl halides is 6. The Balaban J connectivity index is 1.30. The number of Topliss-reactive ketones (excluding diaryl/α,β-unsaturated/α-hetero) is 2. The van der Waals surface area contributed by atoms with E-state index in [9.17, 15) is 35.9 Å². The quantitative estimate of drug-likeness (QED) is 0.111. The van der Waals surface area contributed by atoms with Gasteiger partial charge >= 0.3 is 12.4 Å². The highest BCUT2D eigenvalue weighted by molar-refractivity contribution is 6.01. The molecule has 0 aliphatic carbocycles. The first-order valence-electron chi connectivity index (χ1n) is 16.1. The number of ketones is 2. The van der Waals surface area contributed by atoms with E-state index < -0.39 is 35.0 Å². The fourth-order valence-corrected chi connectivity index (χ4v) is 5.74. The molecule has 0 aliphatic heterocycles. The van der Waals surface area contributed by atoms with E-state index in [2.05, 4.69) is 0 Å². The molecule has 4 nitrogen and oxygen atoms in total. The highest BCUT2D eigenvalue weighted by Gasteiger charge is 2.40. The van der Waals surface area contributed by atoms with Crippen molar-refractivity contribution in [3.8, 4) is 11.1 Å². The van der Waals surface area contributed by atoms with Gasteiger partial charge < -0.3 is 9.80 Å². The largest absolute Gasteiger partial charge is 0.454 e. The molecule has 0 N–H and O–H groups in total. The molecular formula is C42H30F6N2O2. The van der Waals surface area contributed by atoms with E-state index in [1.54, 1.807) is 0 Å². The monoisotopic (exact) mass is 708 g/mol. The minimum atomic E-state index is -4.97. The van der Waals surface area contributed by atoms with Crippen molar-refractivity contribution in [2.45, 2.75) is 26.2 Å². The molecule has 0 aliphatic rings. The summed E-state index contributed by atoms with van der Waals surface area (Å²) in [5, 5.41) is 0. The number of carbonyl (C=O) groups excluding carboxylic acids is 2. The lowest BCUT2D eigenvalue weighted by atomic mass is 10.0. The van der Waals surface area contributed by atoms with E-state index in [1.807, 2.05) is 121 Å². The Labute approximate surface area is 296 Å². The lowest BCUT2D eigenvalue weighted by molar-refractivity contribution is -0.0888. The number of anilines is 6. The van der Waals surface area contributed by atoms with Gasteiger partial charge in [0.05, 0.1) is 0 Å². The highest BCUT2D eigenvalue weighted by atomic mass is 19.4. The van der Waals surface area contributed by atoms with Crippen LogP contribution in [0.15, 0.2) is 146 Å². The second kappa shape index (κ2) is 14.2. The molecule has 0 saturated carbocycles. The topological polar surface area (TPSA) is 40.6 Å². The van der Waals surface area contributed by atoms with Crippen LogP contribution in [0, 0.1) is 13.8 Å². The zero-order chi connectivity index (χ0) is 37.2. The van der Waals surface area contributed by atoms with Crippen molar-refractivity contribution in [2.24, 2.45) is 0 Å². The van der Waals surface area contributed by atoms with Gasteiger partial charge in [-0.3, -0.25) is 9.59 Å². The maximum Gasteiger partial charge on any atom is 0.454 e. The van der Waals surface area contributed by atoms with Gasteiger partial charge in [-0.2, -0.15) is 26.3 Å². The fourth-order valence-electron chi connectivity index (χ4n) is 5.74. The van der Waals surface area contributed by atoms with Crippen LogP contribution in [0.1, 0.15) is 31.8 Å². The predicted octanol–water partition coefficient (Wildman–Crippen LogP) is 12.4. The van der Waals surface area contributed by atoms with Crippen molar-refractivity contribution in [3.63, 3.8) is 0 Å². The SMILES string of the molecule is Cc1ccc(N(c2ccc(C(=O)C(F)(F)F)cc2)c2ccc(-c3ccc(N(c4ccc(C)cc4)c4ccc(C(=O)C(F)(F)F)cc4)cc3)cc2)cc1. The van der Waals surface area contributed by atoms with Gasteiger partial charge in [-0.1, -0.05) is 59.7 Å². The van der Waals surface area contributed by atoms with Gasteiger partial charge in [0.15, 0.2) is 0 Å². The summed E-state index contributed by atoms with van der Waals surface area (Å²) >= 11 is 0. The smallest absolute Gasteiger partial charge is 0.311 e. The first kappa shape index (κ1) is 35.7. The van der Waals surface area contributed by atoms with Crippen LogP contribution < -0.4 is 9.80 Å². The van der Waals surface area contributed by atoms with Crippen LogP contribution in [-0.4, -0.2) is 23.9 Å². The van der Waals surface area contributed by atoms with Crippen molar-refractivity contribution in [1.29, 1.82) is 0 Å². The summed E-state index contributed by atoms with van der Waals surface area (Å²) < 4.78 is 78.2. The zero-order valence-electron chi connectivity index (χ0n) is 27.8. The van der Waals surface area contributed by atoms with Crippen LogP contribution in [0.3, 0.4) is 0 Å². The second-order valence-electron chi connectivity index (χ2n) is 12.2. The van der Waals surface area contributed by atoms with Gasteiger partial charge in [-0.25, -0.2) is 0 Å². The van der Waals surface area contributed by atoms with Gasteiger partial charge in [0, 0.05) is 45.3 Å². The summed E-state index contributed by atoms with van der Waals surface area (Å²) in [4.78, 5) is 27.3. The molecule has 0 saturated heterocycles. The van der Waals surface area contributed by atoms with Crippen molar-refractivity contribution in [3.05, 3.63) is 168 Å². The number of rotatable bonds is 9. The third-order valence-corrected chi connectivity index (χ3v) is 8.46. The van der Waals surface area contributed by atoms with E-state index >= 15 is 0 Å². The van der Waals surface area contributed by atoms with Crippen LogP contribution in [-0.2, 0) is 0 Å². The Bertz CT molecular complexity index is 2010. The first-order chi connectivity index (χ1) is 24.7. The van der Waals surface area contributed by atoms with Crippen LogP contribution in [0.2, 0.25) is 0 Å². The Morgan fingerprint density at radius 1 is 0.365 bits per heavy atom. The molecular weight excluding hydrogens is 678 g/mol. The summed E-state index contributed by atoms with van der Waals surface area (Å²) in [5.74, 6) is -3.82. The van der Waals surface area contributed by atoms with E-state index in [0.29, 0.717) is 11.4 Å². The number of aryl methyl sites for hydroxylation is 2. The molecule has 0 heterocycles. The molecule has 0 aromatic heterocycles. The Morgan fingerprint density at radius 2 is 0.577 bits per heavy atom. The van der Waals surface area contributed by atoms with Crippen LogP contribution in [0.25, 0.3) is 11.1 Å². The highest BCUT2D eigenvalue weighted by Crippen LogP contribution is 2.39. The molecule has 6 aromatic rings. The number of hydrogen-bond donors (Lipinski definition) is 0. The summed E-state index contributed by atoms with van der Waals surface area (Å²) in [6, 6.07) is 41.1. The van der Waals surface area contributed by atoms with E-state index in [-0.39, 0.29) is 0 Å². The molecule has 0 unspecified atom stereocenters. The molecule has 262 valence electrons. The minimum Gasteiger partial charge on any atom is -0.311 e. The lowest BCUT2D eigenvalue weighted by Gasteiger charge is -2.26. The molecule has 10 heteroatoms. The van der Waals surface area contributed by atoms with Gasteiger partial charge in [0.2, 0.25) is 0 Å². The summed E-state index contributed by atoms with van der Waals surface area (Å²) in [7, 11) is 0. The number of halogens is 6. The number of nitrogens with zero attached hydrogens (tertiary/aromatic N) is 2. The lowest BCUT2D eigenvalue weighted by Crippen LogP contribution is -2.22. The summed E-state index contributed by atoms with van der Waals surface area (Å²) in [6.07, 6.45) is -9.95. The maximum absolute atomic E-state index is 13.0. The predicted molar refractivity (Wildman–Crippen MR) is 191 cm³/mol. The fraction of sp³-hybridized carbons (Fsp3) is 0.0952. The first-order valence-corrected chi connectivity index (χ1v) is 16.1. The molecule has 0 atom stereocenters. The van der Waals surface area contributed by atoms with Crippen molar-refractivity contribution < 1.29 is 35.9 Å². The van der Waals surface area contributed by atoms with Crippen molar-refractivity contribution in [2.75, 3.05) is 9.80 Å². The Hall–Kier alpha value is -6.16. The molecule has 0 spiro atoms. The van der Waals surface area contributed by atoms with E-state index in [4.69, 9.17) is 0 Å². The molecule has 0 fully saturated rings. The molecule has 0 amide bonds. The summed E-state index contributed by atoms with van der Waals surface area (Å²) in [5.41, 5.74) is 7.04. The molecule has 52 heavy (non-hydrogen) atoms. The maximum atomic E-state index is 13.0. The van der Waals surface area contributed by atoms with Crippen LogP contribution in [0.5, 0.6) is 0 Å². The summed E-state index contributed by atoms with van der Waals surface area (Å²) in [6.45, 7) is 3.89. The zero-order valence-corrected chi connectivity index (χ0v) is 27.8. The van der Waals surface area contributed by atoms with E-state index in [0.717, 1.165) is 45.0 Å². The van der Waals surface area contributed by atoms with E-state index in [1.165, 1.54) is 48.5 Å². The number of benzene rings is 6. The standard InChI is InChI=1S/C42H30F6N2O2/c1-27-3-15-33(16-4-27)49(37-23-11-31(12-24-37)39(51)41(43,44)45)35-19-7-29(8-20-35)30-9-21-36(22-10-30)50(34-17-5-28(2)6-18-34)38-25-13-32(14-26-38)40(52)42(46,47)48/h3-26H,1-2H3. The molecule has 0 bridgehead atoms. The van der Waals surface area contributed by atoms with Gasteiger partial charge in [-0.05, 0) is 122 Å². The minimum absolute atomic E-state index is 0.451. The molecule has 0 radical (unpaired) electrons.